The molecular weight excluding hydrogens is 236 g/mol. The fourth-order valence-corrected chi connectivity index (χ4v) is 2.75. The van der Waals surface area contributed by atoms with Crippen molar-refractivity contribution in [3.63, 3.8) is 0 Å². The van der Waals surface area contributed by atoms with Crippen molar-refractivity contribution < 1.29 is 0 Å². The zero-order valence-electron chi connectivity index (χ0n) is 11.3. The highest BCUT2D eigenvalue weighted by molar-refractivity contribution is 5.59. The molecule has 19 heavy (non-hydrogen) atoms. The third-order valence-corrected chi connectivity index (χ3v) is 3.93. The van der Waals surface area contributed by atoms with Gasteiger partial charge in [-0.15, -0.1) is 0 Å². The molecule has 100 valence electrons. The Morgan fingerprint density at radius 1 is 1.11 bits per heavy atom. The Hall–Kier alpha value is -1.84. The molecule has 3 rings (SSSR count). The van der Waals surface area contributed by atoms with Crippen molar-refractivity contribution >= 4 is 5.69 Å². The maximum absolute atomic E-state index is 4.67. The quantitative estimate of drug-likeness (QED) is 0.882. The zero-order chi connectivity index (χ0) is 13.1. The van der Waals surface area contributed by atoms with Crippen molar-refractivity contribution in [2.75, 3.05) is 12.4 Å². The van der Waals surface area contributed by atoms with Crippen molar-refractivity contribution in [1.82, 2.24) is 15.2 Å². The van der Waals surface area contributed by atoms with Gasteiger partial charge in [0.05, 0.1) is 0 Å². The van der Waals surface area contributed by atoms with Crippen LogP contribution < -0.4 is 5.32 Å². The maximum Gasteiger partial charge on any atom is 0.181 e. The Labute approximate surface area is 113 Å². The van der Waals surface area contributed by atoms with E-state index in [1.54, 1.807) is 0 Å². The van der Waals surface area contributed by atoms with Crippen molar-refractivity contribution in [1.29, 1.82) is 0 Å². The average Bonchev–Trinajstić information content (AvgIpc) is 2.98. The van der Waals surface area contributed by atoms with Gasteiger partial charge < -0.3 is 5.32 Å². The van der Waals surface area contributed by atoms with E-state index in [0.29, 0.717) is 5.92 Å². The van der Waals surface area contributed by atoms with Gasteiger partial charge in [-0.05, 0) is 37.1 Å². The van der Waals surface area contributed by atoms with Gasteiger partial charge >= 0.3 is 0 Å². The summed E-state index contributed by atoms with van der Waals surface area (Å²) in [5.74, 6) is 2.45. The van der Waals surface area contributed by atoms with E-state index in [0.717, 1.165) is 22.9 Å². The number of nitrogens with one attached hydrogen (secondary N) is 2. The van der Waals surface area contributed by atoms with Gasteiger partial charge in [-0.25, -0.2) is 4.98 Å². The third kappa shape index (κ3) is 2.62. The zero-order valence-corrected chi connectivity index (χ0v) is 11.3. The lowest BCUT2D eigenvalue weighted by molar-refractivity contribution is 0.429. The summed E-state index contributed by atoms with van der Waals surface area (Å²) in [6.07, 6.45) is 6.48. The summed E-state index contributed by atoms with van der Waals surface area (Å²) < 4.78 is 0. The van der Waals surface area contributed by atoms with Gasteiger partial charge in [0.25, 0.3) is 0 Å². The van der Waals surface area contributed by atoms with Crippen molar-refractivity contribution in [2.45, 2.75) is 38.0 Å². The molecule has 4 heteroatoms. The van der Waals surface area contributed by atoms with E-state index < -0.39 is 0 Å². The maximum atomic E-state index is 4.67. The molecule has 0 saturated heterocycles. The van der Waals surface area contributed by atoms with Crippen LogP contribution in [0.1, 0.15) is 43.8 Å². The van der Waals surface area contributed by atoms with E-state index in [2.05, 4.69) is 32.6 Å². The summed E-state index contributed by atoms with van der Waals surface area (Å²) in [7, 11) is 1.92. The molecule has 2 aromatic rings. The first-order valence-corrected chi connectivity index (χ1v) is 7.07. The summed E-state index contributed by atoms with van der Waals surface area (Å²) in [6, 6.07) is 8.21. The lowest BCUT2D eigenvalue weighted by atomic mass is 9.89. The van der Waals surface area contributed by atoms with E-state index in [4.69, 9.17) is 0 Å². The molecule has 1 aliphatic rings. The summed E-state index contributed by atoms with van der Waals surface area (Å²) in [6.45, 7) is 0. The molecular formula is C15H20N4. The van der Waals surface area contributed by atoms with Crippen LogP contribution in [0.2, 0.25) is 0 Å². The van der Waals surface area contributed by atoms with Gasteiger partial charge in [-0.1, -0.05) is 19.3 Å². The molecule has 0 radical (unpaired) electrons. The van der Waals surface area contributed by atoms with Crippen LogP contribution in [0.15, 0.2) is 24.3 Å². The number of rotatable bonds is 3. The van der Waals surface area contributed by atoms with Crippen LogP contribution in [0.3, 0.4) is 0 Å². The lowest BCUT2D eigenvalue weighted by Crippen LogP contribution is -2.06. The smallest absolute Gasteiger partial charge is 0.181 e. The van der Waals surface area contributed by atoms with Gasteiger partial charge in [-0.2, -0.15) is 5.10 Å². The average molecular weight is 256 g/mol. The molecule has 0 unspecified atom stereocenters. The summed E-state index contributed by atoms with van der Waals surface area (Å²) in [4.78, 5) is 4.67. The molecule has 0 aliphatic heterocycles. The van der Waals surface area contributed by atoms with Crippen molar-refractivity contribution in [3.05, 3.63) is 30.1 Å². The van der Waals surface area contributed by atoms with E-state index >= 15 is 0 Å². The molecule has 0 spiro atoms. The summed E-state index contributed by atoms with van der Waals surface area (Å²) in [5.41, 5.74) is 2.17. The number of H-pyrrole nitrogens is 1. The highest BCUT2D eigenvalue weighted by atomic mass is 15.2. The molecule has 1 saturated carbocycles. The molecule has 0 amide bonds. The topological polar surface area (TPSA) is 53.6 Å². The molecule has 1 aromatic carbocycles. The van der Waals surface area contributed by atoms with Gasteiger partial charge in [0.2, 0.25) is 0 Å². The van der Waals surface area contributed by atoms with Gasteiger partial charge in [0.15, 0.2) is 5.82 Å². The standard InChI is InChI=1S/C15H20N4/c1-16-13-9-7-12(8-10-13)15-17-14(18-19-15)11-5-3-2-4-6-11/h7-11,16H,2-6H2,1H3,(H,17,18,19). The number of aromatic amines is 1. The molecule has 0 atom stereocenters. The Balaban J connectivity index is 1.79. The predicted molar refractivity (Wildman–Crippen MR) is 77.2 cm³/mol. The van der Waals surface area contributed by atoms with E-state index in [1.165, 1.54) is 32.1 Å². The van der Waals surface area contributed by atoms with Crippen LogP contribution >= 0.6 is 0 Å². The molecule has 1 aliphatic carbocycles. The second-order valence-corrected chi connectivity index (χ2v) is 5.21. The number of hydrogen-bond acceptors (Lipinski definition) is 3. The van der Waals surface area contributed by atoms with E-state index in [1.807, 2.05) is 19.2 Å². The van der Waals surface area contributed by atoms with Crippen molar-refractivity contribution in [2.24, 2.45) is 0 Å². The largest absolute Gasteiger partial charge is 0.388 e. The van der Waals surface area contributed by atoms with Crippen LogP contribution in [0.25, 0.3) is 11.4 Å². The molecule has 1 heterocycles. The fourth-order valence-electron chi connectivity index (χ4n) is 2.75. The number of aromatic nitrogens is 3. The molecule has 0 bridgehead atoms. The normalized spacial score (nSPS) is 16.5. The second-order valence-electron chi connectivity index (χ2n) is 5.21. The summed E-state index contributed by atoms with van der Waals surface area (Å²) >= 11 is 0. The Morgan fingerprint density at radius 2 is 1.84 bits per heavy atom. The first-order valence-electron chi connectivity index (χ1n) is 7.07. The Morgan fingerprint density at radius 3 is 2.53 bits per heavy atom. The van der Waals surface area contributed by atoms with E-state index in [-0.39, 0.29) is 0 Å². The molecule has 2 N–H and O–H groups in total. The number of nitrogens with zero attached hydrogens (tertiary/aromatic N) is 2. The number of anilines is 1. The predicted octanol–water partition coefficient (Wildman–Crippen LogP) is 3.56. The van der Waals surface area contributed by atoms with Gasteiger partial charge in [0.1, 0.15) is 5.82 Å². The van der Waals surface area contributed by atoms with Crippen molar-refractivity contribution in [3.8, 4) is 11.4 Å². The first-order chi connectivity index (χ1) is 9.36. The highest BCUT2D eigenvalue weighted by Crippen LogP contribution is 2.31. The number of hydrogen-bond donors (Lipinski definition) is 2. The highest BCUT2D eigenvalue weighted by Gasteiger charge is 2.19. The third-order valence-electron chi connectivity index (χ3n) is 3.93. The SMILES string of the molecule is CNc1ccc(-c2n[nH]c(C3CCCCC3)n2)cc1. The lowest BCUT2D eigenvalue weighted by Gasteiger charge is -2.18. The molecule has 4 nitrogen and oxygen atoms in total. The molecule has 1 fully saturated rings. The van der Waals surface area contributed by atoms with Gasteiger partial charge in [-0.3, -0.25) is 5.10 Å². The van der Waals surface area contributed by atoms with Crippen LogP contribution in [0.5, 0.6) is 0 Å². The van der Waals surface area contributed by atoms with Gasteiger partial charge in [0, 0.05) is 24.2 Å². The number of benzene rings is 1. The fraction of sp³-hybridized carbons (Fsp3) is 0.467. The first kappa shape index (κ1) is 12.2. The Bertz CT molecular complexity index is 523. The summed E-state index contributed by atoms with van der Waals surface area (Å²) in [5, 5.41) is 10.6. The van der Waals surface area contributed by atoms with Crippen LogP contribution in [0, 0.1) is 0 Å². The van der Waals surface area contributed by atoms with Crippen LogP contribution in [0.4, 0.5) is 5.69 Å². The monoisotopic (exact) mass is 256 g/mol. The minimum Gasteiger partial charge on any atom is -0.388 e. The second kappa shape index (κ2) is 5.43. The minimum absolute atomic E-state index is 0.576. The van der Waals surface area contributed by atoms with Crippen LogP contribution in [-0.4, -0.2) is 22.2 Å². The minimum atomic E-state index is 0.576. The Kier molecular flexibility index (Phi) is 3.49. The van der Waals surface area contributed by atoms with E-state index in [9.17, 15) is 0 Å². The van der Waals surface area contributed by atoms with Crippen LogP contribution in [-0.2, 0) is 0 Å². The molecule has 1 aromatic heterocycles.